The summed E-state index contributed by atoms with van der Waals surface area (Å²) in [5.74, 6) is 0. The molecule has 2 aliphatic rings. The molecule has 2 aromatic rings. The average molecular weight is 477 g/mol. The standard InChI is InChI=1S/C33H49P/c1-4-14-26-23-24-31(28(25-26)16-6-3)33-27(15-5-2)17-13-22-32(33)34(29-18-9-7-10-19-29)30-20-11-8-12-21-30/h13,17,22-25,29-30H,4-12,14-16,18-21H2,1-3H3. The monoisotopic (exact) mass is 476 g/mol. The molecule has 0 bridgehead atoms. The molecule has 2 fully saturated rings. The molecule has 0 atom stereocenters. The van der Waals surface area contributed by atoms with Crippen molar-refractivity contribution in [1.82, 2.24) is 0 Å². The highest BCUT2D eigenvalue weighted by Crippen LogP contribution is 2.56. The first-order valence-corrected chi connectivity index (χ1v) is 16.3. The highest BCUT2D eigenvalue weighted by atomic mass is 31.1. The fourth-order valence-electron chi connectivity index (χ4n) is 6.81. The molecule has 2 saturated carbocycles. The zero-order chi connectivity index (χ0) is 23.8. The topological polar surface area (TPSA) is 0 Å². The first-order valence-electron chi connectivity index (χ1n) is 14.8. The molecule has 34 heavy (non-hydrogen) atoms. The van der Waals surface area contributed by atoms with Crippen molar-refractivity contribution >= 4 is 13.2 Å². The molecule has 0 saturated heterocycles. The van der Waals surface area contributed by atoms with Gasteiger partial charge in [-0.25, -0.2) is 0 Å². The van der Waals surface area contributed by atoms with Gasteiger partial charge in [-0.1, -0.05) is 123 Å². The Balaban J connectivity index is 1.87. The maximum atomic E-state index is 2.60. The minimum atomic E-state index is -0.0995. The van der Waals surface area contributed by atoms with Crippen molar-refractivity contribution in [3.8, 4) is 11.1 Å². The van der Waals surface area contributed by atoms with Crippen molar-refractivity contribution in [2.45, 2.75) is 135 Å². The third-order valence-electron chi connectivity index (χ3n) is 8.36. The second kappa shape index (κ2) is 13.3. The molecule has 0 amide bonds. The molecule has 0 nitrogen and oxygen atoms in total. The highest BCUT2D eigenvalue weighted by molar-refractivity contribution is 7.67. The fourth-order valence-corrected chi connectivity index (χ4v) is 10.8. The van der Waals surface area contributed by atoms with Gasteiger partial charge in [-0.15, -0.1) is 0 Å². The lowest BCUT2D eigenvalue weighted by Crippen LogP contribution is -2.27. The van der Waals surface area contributed by atoms with E-state index < -0.39 is 0 Å². The van der Waals surface area contributed by atoms with Crippen molar-refractivity contribution < 1.29 is 0 Å². The summed E-state index contributed by atoms with van der Waals surface area (Å²) >= 11 is 0. The number of rotatable bonds is 10. The number of aryl methyl sites for hydroxylation is 3. The van der Waals surface area contributed by atoms with Gasteiger partial charge in [-0.3, -0.25) is 0 Å². The van der Waals surface area contributed by atoms with Gasteiger partial charge >= 0.3 is 0 Å². The predicted octanol–water partition coefficient (Wildman–Crippen LogP) is 9.98. The maximum Gasteiger partial charge on any atom is -0.00719 e. The Kier molecular flexibility index (Phi) is 10.1. The lowest BCUT2D eigenvalue weighted by molar-refractivity contribution is 0.487. The van der Waals surface area contributed by atoms with Crippen molar-refractivity contribution in [3.05, 3.63) is 53.1 Å². The minimum Gasteiger partial charge on any atom is -0.0683 e. The number of hydrogen-bond acceptors (Lipinski definition) is 0. The lowest BCUT2D eigenvalue weighted by atomic mass is 9.90. The molecule has 0 unspecified atom stereocenters. The quantitative estimate of drug-likeness (QED) is 0.299. The van der Waals surface area contributed by atoms with Gasteiger partial charge in [0.15, 0.2) is 0 Å². The van der Waals surface area contributed by atoms with Crippen LogP contribution in [0.3, 0.4) is 0 Å². The molecule has 0 aromatic heterocycles. The van der Waals surface area contributed by atoms with Crippen LogP contribution in [-0.4, -0.2) is 11.3 Å². The van der Waals surface area contributed by atoms with Crippen LogP contribution in [0, 0.1) is 0 Å². The molecule has 2 aliphatic carbocycles. The van der Waals surface area contributed by atoms with Gasteiger partial charge in [-0.2, -0.15) is 0 Å². The van der Waals surface area contributed by atoms with Crippen molar-refractivity contribution in [2.75, 3.05) is 0 Å². The van der Waals surface area contributed by atoms with Gasteiger partial charge in [0.1, 0.15) is 0 Å². The zero-order valence-electron chi connectivity index (χ0n) is 22.4. The SMILES string of the molecule is CCCc1ccc(-c2c(CCC)cccc2P(C2CCCCC2)C2CCCCC2)c(CCC)c1. The number of benzene rings is 2. The van der Waals surface area contributed by atoms with Crippen LogP contribution in [0.25, 0.3) is 11.1 Å². The van der Waals surface area contributed by atoms with Crippen LogP contribution < -0.4 is 5.30 Å². The minimum absolute atomic E-state index is 0.0995. The molecule has 2 aromatic carbocycles. The Hall–Kier alpha value is -1.13. The molecule has 0 radical (unpaired) electrons. The third kappa shape index (κ3) is 6.16. The van der Waals surface area contributed by atoms with Gasteiger partial charge in [0.2, 0.25) is 0 Å². The maximum absolute atomic E-state index is 2.60. The van der Waals surface area contributed by atoms with Crippen LogP contribution in [0.1, 0.15) is 121 Å². The van der Waals surface area contributed by atoms with Crippen LogP contribution in [0.5, 0.6) is 0 Å². The molecule has 1 heteroatoms. The van der Waals surface area contributed by atoms with E-state index in [4.69, 9.17) is 0 Å². The first kappa shape index (κ1) is 25.9. The Morgan fingerprint density at radius 1 is 0.647 bits per heavy atom. The van der Waals surface area contributed by atoms with E-state index in [-0.39, 0.29) is 7.92 Å². The summed E-state index contributed by atoms with van der Waals surface area (Å²) in [5.41, 5.74) is 9.94. The van der Waals surface area contributed by atoms with E-state index in [1.807, 2.05) is 0 Å². The summed E-state index contributed by atoms with van der Waals surface area (Å²) in [4.78, 5) is 0. The summed E-state index contributed by atoms with van der Waals surface area (Å²) < 4.78 is 0. The van der Waals surface area contributed by atoms with E-state index in [1.54, 1.807) is 27.6 Å². The molecule has 4 rings (SSSR count). The second-order valence-electron chi connectivity index (χ2n) is 11.0. The molecule has 0 N–H and O–H groups in total. The van der Waals surface area contributed by atoms with E-state index in [1.165, 1.54) is 108 Å². The van der Waals surface area contributed by atoms with Crippen LogP contribution in [0.2, 0.25) is 0 Å². The van der Waals surface area contributed by atoms with Crippen LogP contribution >= 0.6 is 7.92 Å². The van der Waals surface area contributed by atoms with Crippen molar-refractivity contribution in [1.29, 1.82) is 0 Å². The largest absolute Gasteiger partial charge is 0.0683 e. The van der Waals surface area contributed by atoms with Gasteiger partial charge < -0.3 is 0 Å². The van der Waals surface area contributed by atoms with Crippen molar-refractivity contribution in [2.24, 2.45) is 0 Å². The predicted molar refractivity (Wildman–Crippen MR) is 154 cm³/mol. The van der Waals surface area contributed by atoms with E-state index in [2.05, 4.69) is 57.2 Å². The Bertz CT molecular complexity index is 867. The van der Waals surface area contributed by atoms with Crippen LogP contribution in [-0.2, 0) is 19.3 Å². The third-order valence-corrected chi connectivity index (χ3v) is 11.9. The number of hydrogen-bond donors (Lipinski definition) is 0. The molecule has 0 heterocycles. The zero-order valence-corrected chi connectivity index (χ0v) is 23.3. The smallest absolute Gasteiger partial charge is 0.00719 e. The second-order valence-corrected chi connectivity index (χ2v) is 13.8. The summed E-state index contributed by atoms with van der Waals surface area (Å²) in [6.07, 6.45) is 22.0. The van der Waals surface area contributed by atoms with E-state index >= 15 is 0 Å². The van der Waals surface area contributed by atoms with Crippen LogP contribution in [0.4, 0.5) is 0 Å². The molecular weight excluding hydrogens is 427 g/mol. The first-order chi connectivity index (χ1) is 16.8. The molecular formula is C33H49P. The Morgan fingerprint density at radius 2 is 1.24 bits per heavy atom. The van der Waals surface area contributed by atoms with Gasteiger partial charge in [0.05, 0.1) is 0 Å². The van der Waals surface area contributed by atoms with Crippen LogP contribution in [0.15, 0.2) is 36.4 Å². The molecule has 0 spiro atoms. The summed E-state index contributed by atoms with van der Waals surface area (Å²) in [6.45, 7) is 7.02. The Morgan fingerprint density at radius 3 is 1.82 bits per heavy atom. The van der Waals surface area contributed by atoms with E-state index in [9.17, 15) is 0 Å². The summed E-state index contributed by atoms with van der Waals surface area (Å²) in [6, 6.07) is 15.0. The normalized spacial score (nSPS) is 18.0. The van der Waals surface area contributed by atoms with Crippen molar-refractivity contribution in [3.63, 3.8) is 0 Å². The van der Waals surface area contributed by atoms with E-state index in [0.717, 1.165) is 11.3 Å². The van der Waals surface area contributed by atoms with Gasteiger partial charge in [0.25, 0.3) is 0 Å². The summed E-state index contributed by atoms with van der Waals surface area (Å²) in [7, 11) is -0.0995. The average Bonchev–Trinajstić information content (AvgIpc) is 2.87. The summed E-state index contributed by atoms with van der Waals surface area (Å²) in [5, 5.41) is 1.79. The lowest BCUT2D eigenvalue weighted by Gasteiger charge is -2.40. The Labute approximate surface area is 212 Å². The van der Waals surface area contributed by atoms with Gasteiger partial charge in [0, 0.05) is 0 Å². The molecule has 186 valence electrons. The van der Waals surface area contributed by atoms with E-state index in [0.29, 0.717) is 0 Å². The van der Waals surface area contributed by atoms with Gasteiger partial charge in [-0.05, 0) is 89.4 Å². The fraction of sp³-hybridized carbons (Fsp3) is 0.636. The molecule has 0 aliphatic heterocycles. The highest BCUT2D eigenvalue weighted by Gasteiger charge is 2.34.